The van der Waals surface area contributed by atoms with Gasteiger partial charge in [0, 0.05) is 13.0 Å². The van der Waals surface area contributed by atoms with E-state index in [1.807, 2.05) is 0 Å². The molecule has 1 N–H and O–H groups in total. The molecule has 2 heteroatoms. The molecule has 0 amide bonds. The molecule has 1 aliphatic heterocycles. The average molecular weight is 158 g/mol. The smallest absolute Gasteiger partial charge is 0.0902 e. The van der Waals surface area contributed by atoms with Gasteiger partial charge in [-0.05, 0) is 6.42 Å². The van der Waals surface area contributed by atoms with Crippen LogP contribution >= 0.6 is 0 Å². The third-order valence-electron chi connectivity index (χ3n) is 2.33. The Hall–Kier alpha value is -0.0800. The minimum atomic E-state index is -0.477. The van der Waals surface area contributed by atoms with E-state index in [1.54, 1.807) is 0 Å². The maximum Gasteiger partial charge on any atom is 0.0902 e. The normalized spacial score (nSPS) is 31.1. The Labute approximate surface area is 68.6 Å². The quantitative estimate of drug-likeness (QED) is 0.631. The topological polar surface area (TPSA) is 29.5 Å². The first-order valence-electron chi connectivity index (χ1n) is 4.57. The van der Waals surface area contributed by atoms with Crippen LogP contribution in [0.5, 0.6) is 0 Å². The summed E-state index contributed by atoms with van der Waals surface area (Å²) in [6, 6.07) is 0. The van der Waals surface area contributed by atoms with Gasteiger partial charge < -0.3 is 9.84 Å². The van der Waals surface area contributed by atoms with Gasteiger partial charge in [-0.1, -0.05) is 26.2 Å². The number of hydrogen-bond donors (Lipinski definition) is 1. The monoisotopic (exact) mass is 158 g/mol. The van der Waals surface area contributed by atoms with Crippen molar-refractivity contribution >= 4 is 0 Å². The van der Waals surface area contributed by atoms with Crippen LogP contribution in [0.15, 0.2) is 0 Å². The zero-order chi connectivity index (χ0) is 8.16. The standard InChI is InChI=1S/C9H18O2/c1-2-3-4-5-9(10)6-7-11-8-9/h10H,2-8H2,1H3. The van der Waals surface area contributed by atoms with Crippen molar-refractivity contribution in [2.24, 2.45) is 0 Å². The summed E-state index contributed by atoms with van der Waals surface area (Å²) >= 11 is 0. The molecule has 0 aromatic rings. The van der Waals surface area contributed by atoms with Crippen LogP contribution in [0, 0.1) is 0 Å². The first kappa shape index (κ1) is 9.01. The molecule has 2 nitrogen and oxygen atoms in total. The van der Waals surface area contributed by atoms with Crippen LogP contribution in [-0.4, -0.2) is 23.9 Å². The Morgan fingerprint density at radius 2 is 2.27 bits per heavy atom. The lowest BCUT2D eigenvalue weighted by atomic mass is 9.96. The first-order chi connectivity index (χ1) is 5.27. The van der Waals surface area contributed by atoms with Crippen LogP contribution in [0.2, 0.25) is 0 Å². The van der Waals surface area contributed by atoms with E-state index in [4.69, 9.17) is 4.74 Å². The summed E-state index contributed by atoms with van der Waals surface area (Å²) in [5.41, 5.74) is -0.477. The van der Waals surface area contributed by atoms with E-state index < -0.39 is 5.60 Å². The van der Waals surface area contributed by atoms with Gasteiger partial charge in [0.2, 0.25) is 0 Å². The fourth-order valence-corrected chi connectivity index (χ4v) is 1.50. The van der Waals surface area contributed by atoms with Gasteiger partial charge in [0.15, 0.2) is 0 Å². The molecule has 1 fully saturated rings. The summed E-state index contributed by atoms with van der Waals surface area (Å²) < 4.78 is 5.14. The molecular weight excluding hydrogens is 140 g/mol. The number of rotatable bonds is 4. The Balaban J connectivity index is 2.13. The van der Waals surface area contributed by atoms with E-state index in [9.17, 15) is 5.11 Å². The summed E-state index contributed by atoms with van der Waals surface area (Å²) in [5, 5.41) is 9.79. The van der Waals surface area contributed by atoms with Crippen molar-refractivity contribution in [2.75, 3.05) is 13.2 Å². The van der Waals surface area contributed by atoms with Gasteiger partial charge >= 0.3 is 0 Å². The highest BCUT2D eigenvalue weighted by Gasteiger charge is 2.30. The van der Waals surface area contributed by atoms with Crippen LogP contribution in [0.3, 0.4) is 0 Å². The molecule has 0 saturated carbocycles. The minimum absolute atomic E-state index is 0.477. The zero-order valence-corrected chi connectivity index (χ0v) is 7.31. The molecule has 11 heavy (non-hydrogen) atoms. The Bertz CT molecular complexity index is 106. The summed E-state index contributed by atoms with van der Waals surface area (Å²) in [6.07, 6.45) is 5.33. The van der Waals surface area contributed by atoms with E-state index in [-0.39, 0.29) is 0 Å². The highest BCUT2D eigenvalue weighted by molar-refractivity contribution is 4.81. The van der Waals surface area contributed by atoms with Gasteiger partial charge in [-0.15, -0.1) is 0 Å². The largest absolute Gasteiger partial charge is 0.387 e. The molecule has 66 valence electrons. The van der Waals surface area contributed by atoms with Gasteiger partial charge in [0.05, 0.1) is 12.2 Å². The van der Waals surface area contributed by atoms with Crippen LogP contribution in [0.4, 0.5) is 0 Å². The molecule has 0 aliphatic carbocycles. The van der Waals surface area contributed by atoms with Crippen LogP contribution < -0.4 is 0 Å². The van der Waals surface area contributed by atoms with Crippen molar-refractivity contribution in [3.05, 3.63) is 0 Å². The summed E-state index contributed by atoms with van der Waals surface area (Å²) in [4.78, 5) is 0. The van der Waals surface area contributed by atoms with Crippen LogP contribution in [-0.2, 0) is 4.74 Å². The predicted octanol–water partition coefficient (Wildman–Crippen LogP) is 1.72. The molecule has 1 atom stereocenters. The average Bonchev–Trinajstić information content (AvgIpc) is 2.38. The van der Waals surface area contributed by atoms with E-state index in [0.717, 1.165) is 25.9 Å². The van der Waals surface area contributed by atoms with Crippen LogP contribution in [0.25, 0.3) is 0 Å². The summed E-state index contributed by atoms with van der Waals surface area (Å²) in [5.74, 6) is 0. The second-order valence-corrected chi connectivity index (χ2v) is 3.48. The highest BCUT2D eigenvalue weighted by Crippen LogP contribution is 2.24. The minimum Gasteiger partial charge on any atom is -0.387 e. The lowest BCUT2D eigenvalue weighted by Gasteiger charge is -2.19. The number of unbranched alkanes of at least 4 members (excludes halogenated alkanes) is 2. The molecule has 0 spiro atoms. The summed E-state index contributed by atoms with van der Waals surface area (Å²) in [6.45, 7) is 3.47. The molecular formula is C9H18O2. The highest BCUT2D eigenvalue weighted by atomic mass is 16.5. The molecule has 1 unspecified atom stereocenters. The molecule has 0 aromatic heterocycles. The molecule has 1 aliphatic rings. The fraction of sp³-hybridized carbons (Fsp3) is 1.00. The third-order valence-corrected chi connectivity index (χ3v) is 2.33. The van der Waals surface area contributed by atoms with Gasteiger partial charge in [-0.3, -0.25) is 0 Å². The van der Waals surface area contributed by atoms with Gasteiger partial charge in [-0.25, -0.2) is 0 Å². The van der Waals surface area contributed by atoms with Crippen molar-refractivity contribution in [1.29, 1.82) is 0 Å². The van der Waals surface area contributed by atoms with Crippen molar-refractivity contribution in [3.8, 4) is 0 Å². The van der Waals surface area contributed by atoms with Crippen molar-refractivity contribution < 1.29 is 9.84 Å². The second kappa shape index (κ2) is 4.07. The van der Waals surface area contributed by atoms with E-state index in [0.29, 0.717) is 6.61 Å². The Morgan fingerprint density at radius 3 is 2.82 bits per heavy atom. The molecule has 1 heterocycles. The van der Waals surface area contributed by atoms with Crippen molar-refractivity contribution in [1.82, 2.24) is 0 Å². The Kier molecular flexibility index (Phi) is 3.34. The van der Waals surface area contributed by atoms with E-state index in [2.05, 4.69) is 6.92 Å². The number of aliphatic hydroxyl groups is 1. The lowest BCUT2D eigenvalue weighted by Crippen LogP contribution is -2.28. The van der Waals surface area contributed by atoms with Gasteiger partial charge in [-0.2, -0.15) is 0 Å². The SMILES string of the molecule is CCCCCC1(O)CCOC1. The molecule has 1 saturated heterocycles. The summed E-state index contributed by atoms with van der Waals surface area (Å²) in [7, 11) is 0. The van der Waals surface area contributed by atoms with E-state index >= 15 is 0 Å². The van der Waals surface area contributed by atoms with Crippen LogP contribution in [0.1, 0.15) is 39.0 Å². The second-order valence-electron chi connectivity index (χ2n) is 3.48. The molecule has 0 aromatic carbocycles. The first-order valence-corrected chi connectivity index (χ1v) is 4.57. The third kappa shape index (κ3) is 2.80. The zero-order valence-electron chi connectivity index (χ0n) is 7.31. The number of hydrogen-bond acceptors (Lipinski definition) is 2. The van der Waals surface area contributed by atoms with Crippen molar-refractivity contribution in [3.63, 3.8) is 0 Å². The molecule has 1 rings (SSSR count). The maximum atomic E-state index is 9.79. The Morgan fingerprint density at radius 1 is 1.45 bits per heavy atom. The maximum absolute atomic E-state index is 9.79. The predicted molar refractivity (Wildman–Crippen MR) is 44.5 cm³/mol. The van der Waals surface area contributed by atoms with E-state index in [1.165, 1.54) is 12.8 Å². The molecule has 0 bridgehead atoms. The fourth-order valence-electron chi connectivity index (χ4n) is 1.50. The van der Waals surface area contributed by atoms with Gasteiger partial charge in [0.1, 0.15) is 0 Å². The number of ether oxygens (including phenoxy) is 1. The van der Waals surface area contributed by atoms with Gasteiger partial charge in [0.25, 0.3) is 0 Å². The lowest BCUT2D eigenvalue weighted by molar-refractivity contribution is 0.0172. The van der Waals surface area contributed by atoms with Crippen molar-refractivity contribution in [2.45, 2.75) is 44.6 Å². The molecule has 0 radical (unpaired) electrons.